The maximum absolute atomic E-state index is 14.3. The summed E-state index contributed by atoms with van der Waals surface area (Å²) in [7, 11) is -0.629. The van der Waals surface area contributed by atoms with Gasteiger partial charge in [-0.25, -0.2) is 14.0 Å². The van der Waals surface area contributed by atoms with Crippen LogP contribution in [0.5, 0.6) is 0 Å². The molecule has 1 saturated heterocycles. The monoisotopic (exact) mass is 662 g/mol. The van der Waals surface area contributed by atoms with Gasteiger partial charge in [-0.3, -0.25) is 14.5 Å². The summed E-state index contributed by atoms with van der Waals surface area (Å²) < 4.78 is 30.9. The van der Waals surface area contributed by atoms with Gasteiger partial charge in [0, 0.05) is 31.6 Å². The van der Waals surface area contributed by atoms with Crippen molar-refractivity contribution < 1.29 is 42.5 Å². The second kappa shape index (κ2) is 13.8. The van der Waals surface area contributed by atoms with Gasteiger partial charge in [0.2, 0.25) is 11.8 Å². The zero-order valence-corrected chi connectivity index (χ0v) is 27.7. The number of carbonyl (C=O) groups is 4. The zero-order chi connectivity index (χ0) is 33.2. The van der Waals surface area contributed by atoms with Crippen LogP contribution in [-0.2, 0) is 36.7 Å². The predicted octanol–water partition coefficient (Wildman–Crippen LogP) is 4.44. The predicted molar refractivity (Wildman–Crippen MR) is 167 cm³/mol. The zero-order valence-electron chi connectivity index (χ0n) is 26.8. The van der Waals surface area contributed by atoms with Crippen molar-refractivity contribution in [2.45, 2.75) is 108 Å². The van der Waals surface area contributed by atoms with Crippen molar-refractivity contribution in [1.29, 1.82) is 0 Å². The van der Waals surface area contributed by atoms with Crippen LogP contribution in [0.25, 0.3) is 0 Å². The van der Waals surface area contributed by atoms with Crippen molar-refractivity contribution in [1.82, 2.24) is 20.4 Å². The fourth-order valence-corrected chi connectivity index (χ4v) is 7.69. The molecule has 12 nitrogen and oxygen atoms in total. The number of hydrogen-bond donors (Lipinski definition) is 3. The van der Waals surface area contributed by atoms with Gasteiger partial charge in [-0.1, -0.05) is 37.1 Å². The van der Waals surface area contributed by atoms with Crippen molar-refractivity contribution in [3.63, 3.8) is 0 Å². The molecule has 1 aromatic rings. The highest BCUT2D eigenvalue weighted by molar-refractivity contribution is 7.48. The normalized spacial score (nSPS) is 29.7. The molecule has 0 spiro atoms. The van der Waals surface area contributed by atoms with E-state index in [-0.39, 0.29) is 32.0 Å². The molecule has 1 unspecified atom stereocenters. The first-order valence-electron chi connectivity index (χ1n) is 15.8. The smallest absolute Gasteiger partial charge is 0.410 e. The average molecular weight is 663 g/mol. The van der Waals surface area contributed by atoms with Gasteiger partial charge < -0.3 is 34.4 Å². The topological polar surface area (TPSA) is 147 Å². The van der Waals surface area contributed by atoms with E-state index in [1.165, 1.54) is 23.0 Å². The number of rotatable bonds is 4. The van der Waals surface area contributed by atoms with Crippen LogP contribution in [0.4, 0.5) is 14.0 Å². The van der Waals surface area contributed by atoms with E-state index >= 15 is 0 Å². The average Bonchev–Trinajstić information content (AvgIpc) is 3.29. The van der Waals surface area contributed by atoms with Crippen molar-refractivity contribution in [2.75, 3.05) is 13.7 Å². The van der Waals surface area contributed by atoms with Crippen molar-refractivity contribution in [3.05, 3.63) is 47.3 Å². The second-order valence-electron chi connectivity index (χ2n) is 13.4. The minimum atomic E-state index is -2.02. The summed E-state index contributed by atoms with van der Waals surface area (Å²) in [6.45, 7) is 5.32. The summed E-state index contributed by atoms with van der Waals surface area (Å²) in [5.41, 5.74) is 0.339. The molecular weight excluding hydrogens is 618 g/mol. The summed E-state index contributed by atoms with van der Waals surface area (Å²) in [4.78, 5) is 67.6. The van der Waals surface area contributed by atoms with Gasteiger partial charge in [-0.2, -0.15) is 0 Å². The van der Waals surface area contributed by atoms with Gasteiger partial charge in [0.15, 0.2) is 8.38 Å². The van der Waals surface area contributed by atoms with Crippen LogP contribution in [0.1, 0.15) is 76.8 Å². The van der Waals surface area contributed by atoms with Gasteiger partial charge in [-0.05, 0) is 58.1 Å². The lowest BCUT2D eigenvalue weighted by molar-refractivity contribution is -0.140. The number of fused-ring (bicyclic) bond motifs is 3. The molecule has 4 amide bonds. The molecule has 0 bridgehead atoms. The number of halogens is 1. The van der Waals surface area contributed by atoms with Crippen LogP contribution < -0.4 is 10.6 Å². The van der Waals surface area contributed by atoms with E-state index in [2.05, 4.69) is 10.6 Å². The fourth-order valence-electron chi connectivity index (χ4n) is 6.43. The lowest BCUT2D eigenvalue weighted by Crippen LogP contribution is -2.55. The summed E-state index contributed by atoms with van der Waals surface area (Å²) in [5.74, 6) is -1.53. The Morgan fingerprint density at radius 1 is 1.17 bits per heavy atom. The number of nitrogens with zero attached hydrogens (tertiary/aromatic N) is 2. The Labute approximate surface area is 269 Å². The van der Waals surface area contributed by atoms with Crippen LogP contribution in [0.3, 0.4) is 0 Å². The Morgan fingerprint density at radius 3 is 2.67 bits per heavy atom. The molecule has 0 aromatic heterocycles. The largest absolute Gasteiger partial charge is 0.444 e. The number of hydrogen-bond acceptors (Lipinski definition) is 8. The molecule has 1 aliphatic carbocycles. The van der Waals surface area contributed by atoms with Crippen LogP contribution in [0, 0.1) is 11.7 Å². The third-order valence-electron chi connectivity index (χ3n) is 8.86. The summed E-state index contributed by atoms with van der Waals surface area (Å²) in [5, 5.41) is 4.69. The molecule has 3 heterocycles. The van der Waals surface area contributed by atoms with Crippen LogP contribution in [0.15, 0.2) is 30.4 Å². The summed E-state index contributed by atoms with van der Waals surface area (Å²) >= 11 is 0. The Morgan fingerprint density at radius 2 is 1.96 bits per heavy atom. The minimum absolute atomic E-state index is 0.00451. The summed E-state index contributed by atoms with van der Waals surface area (Å²) in [6.07, 6.45) is 5.70. The van der Waals surface area contributed by atoms with E-state index in [9.17, 15) is 28.5 Å². The second-order valence-corrected chi connectivity index (χ2v) is 15.1. The third kappa shape index (κ3) is 7.64. The number of nitrogens with one attached hydrogen (secondary N) is 2. The maximum atomic E-state index is 14.3. The van der Waals surface area contributed by atoms with Gasteiger partial charge in [-0.15, -0.1) is 0 Å². The van der Waals surface area contributed by atoms with E-state index in [1.807, 2.05) is 12.2 Å². The Kier molecular flexibility index (Phi) is 10.2. The molecule has 4 aliphatic rings. The molecule has 46 heavy (non-hydrogen) atoms. The fraction of sp³-hybridized carbons (Fsp3) is 0.625. The van der Waals surface area contributed by atoms with Gasteiger partial charge in [0.1, 0.15) is 34.9 Å². The maximum Gasteiger partial charge on any atom is 0.410 e. The molecule has 252 valence electrons. The first-order valence-corrected chi connectivity index (χ1v) is 17.1. The van der Waals surface area contributed by atoms with Gasteiger partial charge in [0.05, 0.1) is 13.1 Å². The quantitative estimate of drug-likeness (QED) is 0.317. The third-order valence-corrected chi connectivity index (χ3v) is 10.5. The SMILES string of the molecule is COP(O)[C@@]12C[C@H]1/C=C\CCCCC[C@H](NC(=O)OC(C)(C)C)C(=O)N1C[C@H](OC(=O)N3Cc4cccc(F)c4C3)C[C@H]1C(=O)N2. The number of ether oxygens (including phenoxy) is 2. The number of carbonyl (C=O) groups excluding carboxylic acids is 4. The van der Waals surface area contributed by atoms with Crippen molar-refractivity contribution in [3.8, 4) is 0 Å². The van der Waals surface area contributed by atoms with E-state index in [0.29, 0.717) is 30.4 Å². The standard InChI is InChI=1S/C32H44FN4O8P/c1-31(2,3)45-29(40)34-25-14-9-7-5-6-8-12-21-16-32(21,46(42)43-4)35-27(38)26-15-22(18-37(26)28(25)39)44-30(41)36-17-20-11-10-13-24(33)23(20)19-36/h8,10-13,21-22,25-26,42H,5-7,9,14-19H2,1-4H3,(H,34,40)(H,35,38)/b12-8-/t21-,22-,25+,26+,32+,46?/m1/s1. The molecule has 3 aliphatic heterocycles. The molecule has 6 atom stereocenters. The van der Waals surface area contributed by atoms with Gasteiger partial charge >= 0.3 is 12.2 Å². The highest BCUT2D eigenvalue weighted by Crippen LogP contribution is 2.64. The number of allylic oxidation sites excluding steroid dienone is 1. The van der Waals surface area contributed by atoms with Crippen LogP contribution in [0.2, 0.25) is 0 Å². The highest BCUT2D eigenvalue weighted by Gasteiger charge is 2.61. The molecule has 5 rings (SSSR count). The first-order chi connectivity index (χ1) is 21.8. The Bertz CT molecular complexity index is 1370. The Balaban J connectivity index is 1.38. The molecule has 2 fully saturated rings. The number of alkyl carbamates (subject to hydrolysis) is 1. The number of amides is 4. The highest BCUT2D eigenvalue weighted by atomic mass is 31.2. The van der Waals surface area contributed by atoms with Crippen LogP contribution in [-0.4, -0.2) is 81.4 Å². The minimum Gasteiger partial charge on any atom is -0.444 e. The molecule has 3 N–H and O–H groups in total. The van der Waals surface area contributed by atoms with E-state index in [1.54, 1.807) is 32.9 Å². The van der Waals surface area contributed by atoms with Gasteiger partial charge in [0.25, 0.3) is 0 Å². The van der Waals surface area contributed by atoms with Crippen molar-refractivity contribution in [2.24, 2.45) is 5.92 Å². The van der Waals surface area contributed by atoms with Crippen molar-refractivity contribution >= 4 is 32.4 Å². The lowest BCUT2D eigenvalue weighted by Gasteiger charge is -2.31. The molecule has 1 saturated carbocycles. The summed E-state index contributed by atoms with van der Waals surface area (Å²) in [6, 6.07) is 2.66. The van der Waals surface area contributed by atoms with Crippen LogP contribution >= 0.6 is 8.38 Å². The lowest BCUT2D eigenvalue weighted by atomic mass is 10.0. The molecular formula is C32H44FN4O8P. The first kappa shape index (κ1) is 34.1. The number of benzene rings is 1. The molecule has 14 heteroatoms. The molecule has 1 aromatic carbocycles. The van der Waals surface area contributed by atoms with E-state index in [4.69, 9.17) is 14.0 Å². The van der Waals surface area contributed by atoms with E-state index in [0.717, 1.165) is 19.3 Å². The van der Waals surface area contributed by atoms with E-state index < -0.39 is 67.3 Å². The molecule has 0 radical (unpaired) electrons. The Hall–Kier alpha value is -3.28.